The van der Waals surface area contributed by atoms with Crippen LogP contribution in [0.5, 0.6) is 0 Å². The van der Waals surface area contributed by atoms with E-state index in [4.69, 9.17) is 16.3 Å². The fourth-order valence-corrected chi connectivity index (χ4v) is 3.11. The summed E-state index contributed by atoms with van der Waals surface area (Å²) >= 11 is 5.84. The van der Waals surface area contributed by atoms with Crippen LogP contribution in [0.25, 0.3) is 0 Å². The zero-order valence-corrected chi connectivity index (χ0v) is 15.6. The van der Waals surface area contributed by atoms with Gasteiger partial charge in [-0.25, -0.2) is 0 Å². The van der Waals surface area contributed by atoms with Gasteiger partial charge in [0.1, 0.15) is 0 Å². The predicted octanol–water partition coefficient (Wildman–Crippen LogP) is 1.26. The summed E-state index contributed by atoms with van der Waals surface area (Å²) < 4.78 is 7.11. The Kier molecular flexibility index (Phi) is 6.78. The molecule has 0 aromatic carbocycles. The zero-order chi connectivity index (χ0) is 19.1. The molecule has 1 aliphatic rings. The average molecular weight is 392 g/mol. The molecule has 0 saturated carbocycles. The standard InChI is InChI=1S/C18H22ClN5O3/c19-15-11-22-23(12-15)6-3-18(26)24-7-8-27-13-16(24)9-17(25)21-10-14-1-4-20-5-2-14/h1-2,4-5,11-12,16H,3,6-10,13H2,(H,21,25). The van der Waals surface area contributed by atoms with E-state index in [1.165, 1.54) is 6.20 Å². The maximum Gasteiger partial charge on any atom is 0.224 e. The molecule has 8 nitrogen and oxygen atoms in total. The van der Waals surface area contributed by atoms with Crippen LogP contribution in [0.3, 0.4) is 0 Å². The second-order valence-electron chi connectivity index (χ2n) is 6.32. The Labute approximate surface area is 162 Å². The summed E-state index contributed by atoms with van der Waals surface area (Å²) in [6.07, 6.45) is 7.10. The first kappa shape index (κ1) is 19.3. The van der Waals surface area contributed by atoms with Crippen molar-refractivity contribution in [1.82, 2.24) is 25.0 Å². The van der Waals surface area contributed by atoms with E-state index in [9.17, 15) is 9.59 Å². The molecule has 1 saturated heterocycles. The third kappa shape index (κ3) is 5.77. The van der Waals surface area contributed by atoms with Crippen molar-refractivity contribution in [2.75, 3.05) is 19.8 Å². The lowest BCUT2D eigenvalue weighted by atomic mass is 10.1. The molecule has 1 N–H and O–H groups in total. The highest BCUT2D eigenvalue weighted by Gasteiger charge is 2.28. The Morgan fingerprint density at radius 3 is 2.89 bits per heavy atom. The first-order valence-electron chi connectivity index (χ1n) is 8.82. The van der Waals surface area contributed by atoms with Crippen molar-refractivity contribution in [3.8, 4) is 0 Å². The van der Waals surface area contributed by atoms with Crippen molar-refractivity contribution >= 4 is 23.4 Å². The number of morpholine rings is 1. The SMILES string of the molecule is O=C(CC1COCCN1C(=O)CCn1cc(Cl)cn1)NCc1ccncc1. The molecule has 3 heterocycles. The first-order chi connectivity index (χ1) is 13.1. The van der Waals surface area contributed by atoms with Gasteiger partial charge in [-0.05, 0) is 17.7 Å². The quantitative estimate of drug-likeness (QED) is 0.767. The van der Waals surface area contributed by atoms with Crippen LogP contribution < -0.4 is 5.32 Å². The topological polar surface area (TPSA) is 89.4 Å². The van der Waals surface area contributed by atoms with E-state index in [0.717, 1.165) is 5.56 Å². The molecule has 9 heteroatoms. The Morgan fingerprint density at radius 1 is 1.33 bits per heavy atom. The van der Waals surface area contributed by atoms with E-state index in [-0.39, 0.29) is 24.3 Å². The number of pyridine rings is 1. The molecule has 2 amide bonds. The molecule has 1 aliphatic heterocycles. The van der Waals surface area contributed by atoms with Gasteiger partial charge in [0.25, 0.3) is 0 Å². The molecule has 0 aliphatic carbocycles. The van der Waals surface area contributed by atoms with Crippen molar-refractivity contribution in [1.29, 1.82) is 0 Å². The molecule has 0 spiro atoms. The molecule has 1 fully saturated rings. The number of aryl methyl sites for hydroxylation is 1. The van der Waals surface area contributed by atoms with Crippen LogP contribution in [0.1, 0.15) is 18.4 Å². The molecular weight excluding hydrogens is 370 g/mol. The molecule has 2 aromatic heterocycles. The highest BCUT2D eigenvalue weighted by molar-refractivity contribution is 6.30. The van der Waals surface area contributed by atoms with Crippen LogP contribution in [-0.2, 0) is 27.4 Å². The lowest BCUT2D eigenvalue weighted by molar-refractivity contribution is -0.142. The summed E-state index contributed by atoms with van der Waals surface area (Å²) in [5, 5.41) is 7.49. The number of carbonyl (C=O) groups excluding carboxylic acids is 2. The molecule has 2 aromatic rings. The summed E-state index contributed by atoms with van der Waals surface area (Å²) in [4.78, 5) is 30.6. The Bertz CT molecular complexity index is 767. The number of rotatable bonds is 7. The van der Waals surface area contributed by atoms with Crippen LogP contribution in [-0.4, -0.2) is 57.3 Å². The lowest BCUT2D eigenvalue weighted by Crippen LogP contribution is -2.50. The number of ether oxygens (including phenoxy) is 1. The number of amides is 2. The lowest BCUT2D eigenvalue weighted by Gasteiger charge is -2.35. The fourth-order valence-electron chi connectivity index (χ4n) is 2.95. The summed E-state index contributed by atoms with van der Waals surface area (Å²) in [6, 6.07) is 3.44. The Morgan fingerprint density at radius 2 is 2.15 bits per heavy atom. The van der Waals surface area contributed by atoms with Crippen molar-refractivity contribution in [3.63, 3.8) is 0 Å². The van der Waals surface area contributed by atoms with E-state index < -0.39 is 0 Å². The maximum absolute atomic E-state index is 12.6. The number of hydrogen-bond acceptors (Lipinski definition) is 5. The summed E-state index contributed by atoms with van der Waals surface area (Å²) in [6.45, 7) is 2.21. The van der Waals surface area contributed by atoms with Gasteiger partial charge >= 0.3 is 0 Å². The number of carbonyl (C=O) groups is 2. The van der Waals surface area contributed by atoms with Gasteiger partial charge in [0.2, 0.25) is 11.8 Å². The number of halogens is 1. The zero-order valence-electron chi connectivity index (χ0n) is 14.9. The van der Waals surface area contributed by atoms with Crippen molar-refractivity contribution in [2.45, 2.75) is 32.0 Å². The summed E-state index contributed by atoms with van der Waals surface area (Å²) in [7, 11) is 0. The third-order valence-electron chi connectivity index (χ3n) is 4.36. The molecular formula is C18H22ClN5O3. The fraction of sp³-hybridized carbons (Fsp3) is 0.444. The van der Waals surface area contributed by atoms with Gasteiger partial charge in [-0.2, -0.15) is 5.10 Å². The highest BCUT2D eigenvalue weighted by Crippen LogP contribution is 2.13. The minimum Gasteiger partial charge on any atom is -0.377 e. The van der Waals surface area contributed by atoms with Gasteiger partial charge in [0, 0.05) is 51.1 Å². The van der Waals surface area contributed by atoms with Crippen LogP contribution >= 0.6 is 11.6 Å². The number of hydrogen-bond donors (Lipinski definition) is 1. The van der Waals surface area contributed by atoms with Gasteiger partial charge in [0.15, 0.2) is 0 Å². The maximum atomic E-state index is 12.6. The van der Waals surface area contributed by atoms with E-state index in [2.05, 4.69) is 15.4 Å². The van der Waals surface area contributed by atoms with Crippen molar-refractivity contribution < 1.29 is 14.3 Å². The van der Waals surface area contributed by atoms with E-state index >= 15 is 0 Å². The Hall–Kier alpha value is -2.45. The predicted molar refractivity (Wildman–Crippen MR) is 98.9 cm³/mol. The monoisotopic (exact) mass is 391 g/mol. The molecule has 3 rings (SSSR count). The van der Waals surface area contributed by atoms with E-state index in [0.29, 0.717) is 44.3 Å². The normalized spacial score (nSPS) is 16.9. The number of nitrogens with one attached hydrogen (secondary N) is 1. The second kappa shape index (κ2) is 9.48. The third-order valence-corrected chi connectivity index (χ3v) is 4.56. The second-order valence-corrected chi connectivity index (χ2v) is 6.76. The van der Waals surface area contributed by atoms with Crippen molar-refractivity contribution in [2.24, 2.45) is 0 Å². The average Bonchev–Trinajstić information content (AvgIpc) is 3.11. The van der Waals surface area contributed by atoms with E-state index in [1.54, 1.807) is 28.2 Å². The molecule has 0 bridgehead atoms. The molecule has 27 heavy (non-hydrogen) atoms. The van der Waals surface area contributed by atoms with Crippen LogP contribution in [0.15, 0.2) is 36.9 Å². The van der Waals surface area contributed by atoms with Crippen LogP contribution in [0.4, 0.5) is 0 Å². The molecule has 144 valence electrons. The summed E-state index contributed by atoms with van der Waals surface area (Å²) in [5.74, 6) is -0.129. The number of aromatic nitrogens is 3. The number of nitrogens with zero attached hydrogens (tertiary/aromatic N) is 4. The first-order valence-corrected chi connectivity index (χ1v) is 9.20. The van der Waals surface area contributed by atoms with Gasteiger partial charge in [-0.3, -0.25) is 19.3 Å². The van der Waals surface area contributed by atoms with Crippen LogP contribution in [0, 0.1) is 0 Å². The molecule has 1 unspecified atom stereocenters. The Balaban J connectivity index is 1.49. The van der Waals surface area contributed by atoms with Gasteiger partial charge in [-0.1, -0.05) is 11.6 Å². The summed E-state index contributed by atoms with van der Waals surface area (Å²) in [5.41, 5.74) is 0.976. The minimum absolute atomic E-state index is 0.0168. The van der Waals surface area contributed by atoms with Crippen LogP contribution in [0.2, 0.25) is 5.02 Å². The molecule has 1 atom stereocenters. The smallest absolute Gasteiger partial charge is 0.224 e. The molecule has 0 radical (unpaired) electrons. The van der Waals surface area contributed by atoms with Crippen molar-refractivity contribution in [3.05, 3.63) is 47.5 Å². The van der Waals surface area contributed by atoms with Gasteiger partial charge < -0.3 is 15.0 Å². The highest BCUT2D eigenvalue weighted by atomic mass is 35.5. The minimum atomic E-state index is -0.259. The van der Waals surface area contributed by atoms with E-state index in [1.807, 2.05) is 12.1 Å². The van der Waals surface area contributed by atoms with Gasteiger partial charge in [-0.15, -0.1) is 0 Å². The van der Waals surface area contributed by atoms with Gasteiger partial charge in [0.05, 0.1) is 30.5 Å². The largest absolute Gasteiger partial charge is 0.377 e.